The van der Waals surface area contributed by atoms with Gasteiger partial charge in [-0.25, -0.2) is 4.79 Å². The molecule has 1 aliphatic carbocycles. The molecular weight excluding hydrogens is 260 g/mol. The third-order valence-corrected chi connectivity index (χ3v) is 3.61. The lowest BCUT2D eigenvalue weighted by molar-refractivity contribution is -0.153. The van der Waals surface area contributed by atoms with Gasteiger partial charge >= 0.3 is 12.1 Å². The van der Waals surface area contributed by atoms with Crippen LogP contribution in [0.3, 0.4) is 0 Å². The summed E-state index contributed by atoms with van der Waals surface area (Å²) in [5.41, 5.74) is 0. The summed E-state index contributed by atoms with van der Waals surface area (Å²) >= 11 is 0. The number of methoxy groups -OCH3 is 2. The lowest BCUT2D eigenvalue weighted by Gasteiger charge is -2.36. The second-order valence-electron chi connectivity index (χ2n) is 5.63. The van der Waals surface area contributed by atoms with Crippen molar-refractivity contribution in [3.8, 4) is 0 Å². The molecule has 0 aromatic rings. The fourth-order valence-corrected chi connectivity index (χ4v) is 2.55. The van der Waals surface area contributed by atoms with Crippen molar-refractivity contribution < 1.29 is 23.8 Å². The molecule has 1 saturated carbocycles. The Kier molecular flexibility index (Phi) is 9.01. The van der Waals surface area contributed by atoms with Crippen molar-refractivity contribution in [1.82, 2.24) is 0 Å². The zero-order valence-electron chi connectivity index (χ0n) is 13.5. The largest absolute Gasteiger partial charge is 0.507 e. The standard InChI is InChI=1S/C12H22O2.C3H6O3/c1-8(2)11-6-5-9(3)7-12(11)14-10(4)13;1-5-3(4)6-2/h8-9,11-12H,5-7H2,1-4H3;1-2H3. The van der Waals surface area contributed by atoms with Gasteiger partial charge in [0, 0.05) is 6.92 Å². The molecule has 0 spiro atoms. The number of rotatable bonds is 2. The van der Waals surface area contributed by atoms with E-state index in [0.29, 0.717) is 17.8 Å². The number of ether oxygens (including phenoxy) is 3. The summed E-state index contributed by atoms with van der Waals surface area (Å²) in [6, 6.07) is 0. The van der Waals surface area contributed by atoms with Gasteiger partial charge < -0.3 is 14.2 Å². The summed E-state index contributed by atoms with van der Waals surface area (Å²) < 4.78 is 13.5. The van der Waals surface area contributed by atoms with Gasteiger partial charge in [-0.3, -0.25) is 4.79 Å². The average Bonchev–Trinajstić information content (AvgIpc) is 2.37. The molecular formula is C15H28O5. The highest BCUT2D eigenvalue weighted by atomic mass is 16.7. The molecule has 118 valence electrons. The first-order valence-electron chi connectivity index (χ1n) is 7.10. The summed E-state index contributed by atoms with van der Waals surface area (Å²) in [5.74, 6) is 1.76. The van der Waals surface area contributed by atoms with Gasteiger partial charge in [0.05, 0.1) is 14.2 Å². The van der Waals surface area contributed by atoms with Crippen LogP contribution in [0.2, 0.25) is 0 Å². The van der Waals surface area contributed by atoms with Crippen molar-refractivity contribution in [2.45, 2.75) is 53.1 Å². The monoisotopic (exact) mass is 288 g/mol. The molecule has 3 unspecified atom stereocenters. The second-order valence-corrected chi connectivity index (χ2v) is 5.63. The van der Waals surface area contributed by atoms with Gasteiger partial charge in [-0.15, -0.1) is 0 Å². The highest BCUT2D eigenvalue weighted by molar-refractivity contribution is 5.66. The molecule has 0 heterocycles. The molecule has 1 aliphatic rings. The van der Waals surface area contributed by atoms with E-state index in [1.807, 2.05) is 0 Å². The van der Waals surface area contributed by atoms with E-state index in [1.54, 1.807) is 0 Å². The van der Waals surface area contributed by atoms with Gasteiger partial charge in [-0.05, 0) is 30.6 Å². The number of hydrogen-bond acceptors (Lipinski definition) is 5. The Morgan fingerprint density at radius 2 is 1.65 bits per heavy atom. The second kappa shape index (κ2) is 9.61. The Bertz CT molecular complexity index is 295. The van der Waals surface area contributed by atoms with Gasteiger partial charge in [0.1, 0.15) is 6.10 Å². The Morgan fingerprint density at radius 1 is 1.10 bits per heavy atom. The van der Waals surface area contributed by atoms with Crippen LogP contribution in [0.1, 0.15) is 47.0 Å². The topological polar surface area (TPSA) is 61.8 Å². The number of carbonyl (C=O) groups is 2. The van der Waals surface area contributed by atoms with Crippen LogP contribution in [0.25, 0.3) is 0 Å². The van der Waals surface area contributed by atoms with Gasteiger partial charge in [0.2, 0.25) is 0 Å². The summed E-state index contributed by atoms with van der Waals surface area (Å²) in [6.07, 6.45) is 3.03. The summed E-state index contributed by atoms with van der Waals surface area (Å²) in [4.78, 5) is 20.7. The third kappa shape index (κ3) is 7.36. The predicted molar refractivity (Wildman–Crippen MR) is 76.3 cm³/mol. The lowest BCUT2D eigenvalue weighted by atomic mass is 9.75. The van der Waals surface area contributed by atoms with E-state index < -0.39 is 6.16 Å². The van der Waals surface area contributed by atoms with E-state index >= 15 is 0 Å². The molecule has 3 atom stereocenters. The van der Waals surface area contributed by atoms with Crippen molar-refractivity contribution in [2.75, 3.05) is 14.2 Å². The van der Waals surface area contributed by atoms with Crippen LogP contribution in [0, 0.1) is 17.8 Å². The molecule has 0 aliphatic heterocycles. The van der Waals surface area contributed by atoms with E-state index in [9.17, 15) is 9.59 Å². The van der Waals surface area contributed by atoms with E-state index in [1.165, 1.54) is 34.0 Å². The van der Waals surface area contributed by atoms with Gasteiger partial charge in [0.25, 0.3) is 0 Å². The number of carbonyl (C=O) groups excluding carboxylic acids is 2. The summed E-state index contributed by atoms with van der Waals surface area (Å²) in [6.45, 7) is 8.19. The van der Waals surface area contributed by atoms with Crippen LogP contribution in [-0.4, -0.2) is 32.4 Å². The smallest absolute Gasteiger partial charge is 0.462 e. The lowest BCUT2D eigenvalue weighted by Crippen LogP contribution is -2.35. The number of esters is 1. The molecule has 0 bridgehead atoms. The van der Waals surface area contributed by atoms with Crippen LogP contribution >= 0.6 is 0 Å². The quantitative estimate of drug-likeness (QED) is 0.729. The molecule has 1 fully saturated rings. The Labute approximate surface area is 122 Å². The average molecular weight is 288 g/mol. The highest BCUT2D eigenvalue weighted by Gasteiger charge is 2.32. The van der Waals surface area contributed by atoms with Gasteiger partial charge in [0.15, 0.2) is 0 Å². The van der Waals surface area contributed by atoms with Crippen LogP contribution < -0.4 is 0 Å². The molecule has 5 nitrogen and oxygen atoms in total. The highest BCUT2D eigenvalue weighted by Crippen LogP contribution is 2.35. The van der Waals surface area contributed by atoms with Crippen LogP contribution in [0.4, 0.5) is 4.79 Å². The first kappa shape index (κ1) is 18.7. The van der Waals surface area contributed by atoms with Crippen molar-refractivity contribution in [3.05, 3.63) is 0 Å². The van der Waals surface area contributed by atoms with E-state index in [2.05, 4.69) is 30.2 Å². The van der Waals surface area contributed by atoms with E-state index in [-0.39, 0.29) is 12.1 Å². The zero-order valence-corrected chi connectivity index (χ0v) is 13.5. The fourth-order valence-electron chi connectivity index (χ4n) is 2.55. The Hall–Kier alpha value is -1.26. The van der Waals surface area contributed by atoms with Crippen molar-refractivity contribution in [2.24, 2.45) is 17.8 Å². The van der Waals surface area contributed by atoms with E-state index in [4.69, 9.17) is 4.74 Å². The Balaban J connectivity index is 0.000000511. The summed E-state index contributed by atoms with van der Waals surface area (Å²) in [7, 11) is 2.51. The predicted octanol–water partition coefficient (Wildman–Crippen LogP) is 3.41. The maximum Gasteiger partial charge on any atom is 0.507 e. The van der Waals surface area contributed by atoms with Crippen molar-refractivity contribution >= 4 is 12.1 Å². The fraction of sp³-hybridized carbons (Fsp3) is 0.867. The molecule has 1 rings (SSSR count). The minimum atomic E-state index is -0.657. The number of hydrogen-bond donors (Lipinski definition) is 0. The molecule has 0 radical (unpaired) electrons. The zero-order chi connectivity index (χ0) is 15.7. The minimum Gasteiger partial charge on any atom is -0.462 e. The molecule has 20 heavy (non-hydrogen) atoms. The molecule has 0 saturated heterocycles. The third-order valence-electron chi connectivity index (χ3n) is 3.61. The van der Waals surface area contributed by atoms with Crippen LogP contribution in [-0.2, 0) is 19.0 Å². The first-order chi connectivity index (χ1) is 9.31. The normalized spacial score (nSPS) is 25.2. The maximum atomic E-state index is 11.0. The van der Waals surface area contributed by atoms with Gasteiger partial charge in [-0.1, -0.05) is 27.2 Å². The van der Waals surface area contributed by atoms with Crippen molar-refractivity contribution in [1.29, 1.82) is 0 Å². The Morgan fingerprint density at radius 3 is 2.00 bits per heavy atom. The molecule has 0 N–H and O–H groups in total. The van der Waals surface area contributed by atoms with E-state index in [0.717, 1.165) is 6.42 Å². The molecule has 0 aromatic carbocycles. The van der Waals surface area contributed by atoms with Crippen molar-refractivity contribution in [3.63, 3.8) is 0 Å². The van der Waals surface area contributed by atoms with Crippen LogP contribution in [0.15, 0.2) is 0 Å². The molecule has 0 aromatic heterocycles. The first-order valence-corrected chi connectivity index (χ1v) is 7.10. The minimum absolute atomic E-state index is 0.130. The molecule has 0 amide bonds. The maximum absolute atomic E-state index is 11.0. The van der Waals surface area contributed by atoms with Crippen LogP contribution in [0.5, 0.6) is 0 Å². The molecule has 5 heteroatoms. The summed E-state index contributed by atoms with van der Waals surface area (Å²) in [5, 5.41) is 0. The van der Waals surface area contributed by atoms with Gasteiger partial charge in [-0.2, -0.15) is 0 Å². The SMILES string of the molecule is CC(=O)OC1CC(C)CCC1C(C)C.COC(=O)OC.